The van der Waals surface area contributed by atoms with Gasteiger partial charge in [0.15, 0.2) is 10.7 Å². The number of anilines is 1. The summed E-state index contributed by atoms with van der Waals surface area (Å²) in [5, 5.41) is 18.0. The van der Waals surface area contributed by atoms with Gasteiger partial charge in [-0.25, -0.2) is 8.42 Å². The highest BCUT2D eigenvalue weighted by Gasteiger charge is 2.29. The van der Waals surface area contributed by atoms with E-state index in [4.69, 9.17) is 0 Å². The second kappa shape index (κ2) is 7.22. The van der Waals surface area contributed by atoms with Crippen LogP contribution in [-0.2, 0) is 10.0 Å². The van der Waals surface area contributed by atoms with Crippen LogP contribution in [0.2, 0.25) is 0 Å². The maximum atomic E-state index is 12.7. The zero-order chi connectivity index (χ0) is 18.8. The van der Waals surface area contributed by atoms with Crippen LogP contribution < -0.4 is 4.72 Å². The Morgan fingerprint density at radius 1 is 1.36 bits per heavy atom. The smallest absolute Gasteiger partial charge is 0.280 e. The Labute approximate surface area is 146 Å². The van der Waals surface area contributed by atoms with Crippen LogP contribution in [0.4, 0.5) is 11.5 Å². The topological polar surface area (TPSA) is 118 Å². The summed E-state index contributed by atoms with van der Waals surface area (Å²) in [5.41, 5.74) is 1.36. The lowest BCUT2D eigenvalue weighted by molar-refractivity contribution is -0.387. The molecule has 0 fully saturated rings. The van der Waals surface area contributed by atoms with Gasteiger partial charge in [-0.2, -0.15) is 5.10 Å². The summed E-state index contributed by atoms with van der Waals surface area (Å²) in [6.07, 6.45) is 1.94. The van der Waals surface area contributed by atoms with Gasteiger partial charge in [0.2, 0.25) is 0 Å². The number of benzene rings is 1. The quantitative estimate of drug-likeness (QED) is 0.573. The normalized spacial score (nSPS) is 12.8. The molecule has 1 unspecified atom stereocenters. The fraction of sp³-hybridized carbons (Fsp3) is 0.438. The molecule has 0 bridgehead atoms. The molecule has 1 aromatic heterocycles. The van der Waals surface area contributed by atoms with E-state index in [0.29, 0.717) is 11.1 Å². The summed E-state index contributed by atoms with van der Waals surface area (Å²) in [5.74, 6) is 0.332. The first-order chi connectivity index (χ1) is 11.7. The van der Waals surface area contributed by atoms with Crippen LogP contribution in [0, 0.1) is 24.0 Å². The van der Waals surface area contributed by atoms with Crippen molar-refractivity contribution >= 4 is 21.5 Å². The maximum Gasteiger partial charge on any atom is 0.290 e. The Kier molecular flexibility index (Phi) is 5.46. The molecule has 0 saturated heterocycles. The van der Waals surface area contributed by atoms with Gasteiger partial charge in [0, 0.05) is 17.8 Å². The van der Waals surface area contributed by atoms with Crippen LogP contribution >= 0.6 is 0 Å². The number of nitro groups is 1. The fourth-order valence-electron chi connectivity index (χ4n) is 2.68. The Morgan fingerprint density at radius 3 is 2.64 bits per heavy atom. The first kappa shape index (κ1) is 18.9. The van der Waals surface area contributed by atoms with Gasteiger partial charge in [0.25, 0.3) is 15.7 Å². The minimum Gasteiger partial charge on any atom is -0.280 e. The highest BCUT2D eigenvalue weighted by Crippen LogP contribution is 2.31. The summed E-state index contributed by atoms with van der Waals surface area (Å²) < 4.78 is 27.8. The van der Waals surface area contributed by atoms with Gasteiger partial charge in [0.1, 0.15) is 0 Å². The minimum atomic E-state index is -4.14. The van der Waals surface area contributed by atoms with E-state index in [2.05, 4.69) is 21.8 Å². The molecule has 25 heavy (non-hydrogen) atoms. The van der Waals surface area contributed by atoms with Crippen molar-refractivity contribution in [2.24, 2.45) is 0 Å². The van der Waals surface area contributed by atoms with E-state index >= 15 is 0 Å². The van der Waals surface area contributed by atoms with Gasteiger partial charge in [-0.15, -0.1) is 0 Å². The molecule has 0 radical (unpaired) electrons. The second-order valence-corrected chi connectivity index (χ2v) is 7.74. The molecule has 2 rings (SSSR count). The number of nitrogens with zero attached hydrogens (tertiary/aromatic N) is 2. The first-order valence-electron chi connectivity index (χ1n) is 8.00. The largest absolute Gasteiger partial charge is 0.290 e. The number of H-pyrrole nitrogens is 1. The Morgan fingerprint density at radius 2 is 2.04 bits per heavy atom. The van der Waals surface area contributed by atoms with Crippen LogP contribution in [0.1, 0.15) is 49.4 Å². The number of rotatable bonds is 7. The van der Waals surface area contributed by atoms with Crippen LogP contribution in [-0.4, -0.2) is 23.5 Å². The number of sulfonamides is 1. The van der Waals surface area contributed by atoms with Crippen molar-refractivity contribution in [3.63, 3.8) is 0 Å². The zero-order valence-electron chi connectivity index (χ0n) is 14.7. The van der Waals surface area contributed by atoms with Crippen molar-refractivity contribution in [1.29, 1.82) is 0 Å². The molecule has 0 aliphatic heterocycles. The van der Waals surface area contributed by atoms with Gasteiger partial charge in [-0.1, -0.05) is 26.3 Å². The molecule has 9 heteroatoms. The molecule has 0 amide bonds. The molecule has 0 saturated carbocycles. The lowest BCUT2D eigenvalue weighted by atomic mass is 10.0. The van der Waals surface area contributed by atoms with E-state index in [9.17, 15) is 18.5 Å². The summed E-state index contributed by atoms with van der Waals surface area (Å²) in [4.78, 5) is 10.2. The third-order valence-electron chi connectivity index (χ3n) is 4.21. The molecule has 0 aliphatic rings. The highest BCUT2D eigenvalue weighted by atomic mass is 32.2. The standard InChI is InChI=1S/C16H22N4O4S/c1-5-6-11(3)13-9-15(18-17-13)19-25(23,24)16-12(4)10(2)7-8-14(16)20(21)22/h7-9,11H,5-6H2,1-4H3,(H2,17,18,19). The highest BCUT2D eigenvalue weighted by molar-refractivity contribution is 7.93. The summed E-state index contributed by atoms with van der Waals surface area (Å²) in [7, 11) is -4.14. The summed E-state index contributed by atoms with van der Waals surface area (Å²) in [6.45, 7) is 7.34. The molecule has 0 spiro atoms. The fourth-order valence-corrected chi connectivity index (χ4v) is 4.14. The number of nitrogens with one attached hydrogen (secondary N) is 2. The van der Waals surface area contributed by atoms with Crippen LogP contribution in [0.15, 0.2) is 23.1 Å². The van der Waals surface area contributed by atoms with Gasteiger partial charge >= 0.3 is 0 Å². The van der Waals surface area contributed by atoms with Gasteiger partial charge in [-0.05, 0) is 37.3 Å². The second-order valence-electron chi connectivity index (χ2n) is 6.12. The van der Waals surface area contributed by atoms with Crippen LogP contribution in [0.3, 0.4) is 0 Å². The first-order valence-corrected chi connectivity index (χ1v) is 9.48. The van der Waals surface area contributed by atoms with Crippen molar-refractivity contribution in [1.82, 2.24) is 10.2 Å². The van der Waals surface area contributed by atoms with Crippen molar-refractivity contribution in [2.75, 3.05) is 4.72 Å². The molecule has 8 nitrogen and oxygen atoms in total. The minimum absolute atomic E-state index is 0.119. The lowest BCUT2D eigenvalue weighted by Crippen LogP contribution is -2.17. The van der Waals surface area contributed by atoms with Crippen molar-refractivity contribution in [3.05, 3.63) is 45.1 Å². The molecule has 2 aromatic rings. The van der Waals surface area contributed by atoms with Crippen LogP contribution in [0.25, 0.3) is 0 Å². The lowest BCUT2D eigenvalue weighted by Gasteiger charge is -2.11. The number of aromatic nitrogens is 2. The summed E-state index contributed by atoms with van der Waals surface area (Å²) in [6, 6.07) is 4.36. The van der Waals surface area contributed by atoms with Crippen molar-refractivity contribution in [3.8, 4) is 0 Å². The van der Waals surface area contributed by atoms with Crippen LogP contribution in [0.5, 0.6) is 0 Å². The monoisotopic (exact) mass is 366 g/mol. The molecular weight excluding hydrogens is 344 g/mol. The zero-order valence-corrected chi connectivity index (χ0v) is 15.5. The average Bonchev–Trinajstić information content (AvgIpc) is 2.97. The van der Waals surface area contributed by atoms with E-state index in [1.54, 1.807) is 19.9 Å². The molecule has 2 N–H and O–H groups in total. The van der Waals surface area contributed by atoms with E-state index in [1.165, 1.54) is 12.1 Å². The van der Waals surface area contributed by atoms with Gasteiger partial charge in [0.05, 0.1) is 4.92 Å². The number of aromatic amines is 1. The Balaban J connectivity index is 2.41. The van der Waals surface area contributed by atoms with Gasteiger partial charge < -0.3 is 0 Å². The predicted octanol–water partition coefficient (Wildman–Crippen LogP) is 3.64. The van der Waals surface area contributed by atoms with E-state index in [0.717, 1.165) is 18.5 Å². The Hall–Kier alpha value is -2.42. The third kappa shape index (κ3) is 3.98. The number of hydrogen-bond donors (Lipinski definition) is 2. The molecule has 1 aromatic carbocycles. The maximum absolute atomic E-state index is 12.7. The van der Waals surface area contributed by atoms with E-state index in [-0.39, 0.29) is 16.6 Å². The molecule has 0 aliphatic carbocycles. The van der Waals surface area contributed by atoms with Crippen molar-refractivity contribution in [2.45, 2.75) is 51.3 Å². The summed E-state index contributed by atoms with van der Waals surface area (Å²) >= 11 is 0. The third-order valence-corrected chi connectivity index (χ3v) is 5.74. The molecular formula is C16H22N4O4S. The number of hydrogen-bond acceptors (Lipinski definition) is 5. The SMILES string of the molecule is CCCC(C)c1cc(NS(=O)(=O)c2c([N+](=O)[O-])ccc(C)c2C)n[nH]1. The predicted molar refractivity (Wildman–Crippen MR) is 95.3 cm³/mol. The molecule has 136 valence electrons. The average molecular weight is 366 g/mol. The Bertz CT molecular complexity index is 890. The molecule has 1 atom stereocenters. The van der Waals surface area contributed by atoms with E-state index < -0.39 is 20.6 Å². The van der Waals surface area contributed by atoms with E-state index in [1.807, 2.05) is 6.92 Å². The van der Waals surface area contributed by atoms with Crippen molar-refractivity contribution < 1.29 is 13.3 Å². The van der Waals surface area contributed by atoms with Gasteiger partial charge in [-0.3, -0.25) is 19.9 Å². The number of aryl methyl sites for hydroxylation is 1. The molecule has 1 heterocycles. The number of nitro benzene ring substituents is 1.